The number of likely N-dealkylation sites (N-methyl/N-ethyl adjacent to an activating group) is 1. The monoisotopic (exact) mass is 274 g/mol. The van der Waals surface area contributed by atoms with Gasteiger partial charge in [-0.2, -0.15) is 0 Å². The molecule has 0 aliphatic heterocycles. The SMILES string of the molecule is Cc1cc2oc(=O)cc(CN(C)CC(N)=O)c2cc1C. The van der Waals surface area contributed by atoms with E-state index in [0.29, 0.717) is 12.1 Å². The summed E-state index contributed by atoms with van der Waals surface area (Å²) >= 11 is 0. The van der Waals surface area contributed by atoms with Gasteiger partial charge in [0.15, 0.2) is 0 Å². The number of nitrogens with zero attached hydrogens (tertiary/aromatic N) is 1. The maximum absolute atomic E-state index is 11.6. The lowest BCUT2D eigenvalue weighted by atomic mass is 10.0. The predicted molar refractivity (Wildman–Crippen MR) is 77.5 cm³/mol. The first kappa shape index (κ1) is 14.3. The van der Waals surface area contributed by atoms with Crippen molar-refractivity contribution in [2.24, 2.45) is 5.73 Å². The number of hydrogen-bond acceptors (Lipinski definition) is 4. The highest BCUT2D eigenvalue weighted by Gasteiger charge is 2.11. The summed E-state index contributed by atoms with van der Waals surface area (Å²) in [7, 11) is 1.78. The summed E-state index contributed by atoms with van der Waals surface area (Å²) in [5.41, 5.74) is 8.40. The van der Waals surface area contributed by atoms with Crippen molar-refractivity contribution in [3.8, 4) is 0 Å². The van der Waals surface area contributed by atoms with E-state index in [0.717, 1.165) is 22.1 Å². The van der Waals surface area contributed by atoms with E-state index in [-0.39, 0.29) is 12.2 Å². The van der Waals surface area contributed by atoms with Crippen molar-refractivity contribution < 1.29 is 9.21 Å². The highest BCUT2D eigenvalue weighted by Crippen LogP contribution is 2.22. The Kier molecular flexibility index (Phi) is 3.90. The normalized spacial score (nSPS) is 11.2. The minimum atomic E-state index is -0.396. The molecule has 5 nitrogen and oxygen atoms in total. The fourth-order valence-electron chi connectivity index (χ4n) is 2.23. The topological polar surface area (TPSA) is 76.5 Å². The Balaban J connectivity index is 2.49. The Bertz CT molecular complexity index is 719. The lowest BCUT2D eigenvalue weighted by Gasteiger charge is -2.16. The van der Waals surface area contributed by atoms with Crippen LogP contribution >= 0.6 is 0 Å². The molecule has 20 heavy (non-hydrogen) atoms. The van der Waals surface area contributed by atoms with Gasteiger partial charge in [-0.1, -0.05) is 0 Å². The zero-order valence-corrected chi connectivity index (χ0v) is 11.9. The van der Waals surface area contributed by atoms with Gasteiger partial charge < -0.3 is 10.2 Å². The predicted octanol–water partition coefficient (Wildman–Crippen LogP) is 1.33. The highest BCUT2D eigenvalue weighted by atomic mass is 16.4. The van der Waals surface area contributed by atoms with Crippen molar-refractivity contribution in [1.29, 1.82) is 0 Å². The van der Waals surface area contributed by atoms with Crippen LogP contribution in [0.3, 0.4) is 0 Å². The van der Waals surface area contributed by atoms with Crippen LogP contribution in [-0.4, -0.2) is 24.4 Å². The Hall–Kier alpha value is -2.14. The van der Waals surface area contributed by atoms with E-state index in [9.17, 15) is 9.59 Å². The lowest BCUT2D eigenvalue weighted by molar-refractivity contribution is -0.118. The van der Waals surface area contributed by atoms with Gasteiger partial charge in [0.05, 0.1) is 6.54 Å². The molecule has 2 N–H and O–H groups in total. The maximum atomic E-state index is 11.6. The average molecular weight is 274 g/mol. The van der Waals surface area contributed by atoms with Crippen LogP contribution in [0.5, 0.6) is 0 Å². The zero-order chi connectivity index (χ0) is 14.9. The standard InChI is InChI=1S/C15H18N2O3/c1-9-4-12-11(7-17(3)8-14(16)18)6-15(19)20-13(12)5-10(9)2/h4-6H,7-8H2,1-3H3,(H2,16,18). The van der Waals surface area contributed by atoms with Crippen LogP contribution in [0.15, 0.2) is 27.4 Å². The quantitative estimate of drug-likeness (QED) is 0.853. The van der Waals surface area contributed by atoms with E-state index >= 15 is 0 Å². The Labute approximate surface area is 117 Å². The zero-order valence-electron chi connectivity index (χ0n) is 11.9. The summed E-state index contributed by atoms with van der Waals surface area (Å²) in [6.07, 6.45) is 0. The highest BCUT2D eigenvalue weighted by molar-refractivity contribution is 5.82. The van der Waals surface area contributed by atoms with Crippen molar-refractivity contribution in [1.82, 2.24) is 4.90 Å². The second-order valence-electron chi connectivity index (χ2n) is 5.16. The van der Waals surface area contributed by atoms with Gasteiger partial charge in [-0.15, -0.1) is 0 Å². The van der Waals surface area contributed by atoms with Crippen LogP contribution < -0.4 is 11.4 Å². The van der Waals surface area contributed by atoms with Crippen molar-refractivity contribution in [2.45, 2.75) is 20.4 Å². The molecule has 0 fully saturated rings. The second-order valence-corrected chi connectivity index (χ2v) is 5.16. The minimum Gasteiger partial charge on any atom is -0.423 e. The van der Waals surface area contributed by atoms with Gasteiger partial charge in [0, 0.05) is 18.0 Å². The van der Waals surface area contributed by atoms with Crippen molar-refractivity contribution in [3.05, 3.63) is 45.3 Å². The smallest absolute Gasteiger partial charge is 0.336 e. The first-order valence-electron chi connectivity index (χ1n) is 6.37. The fourth-order valence-corrected chi connectivity index (χ4v) is 2.23. The number of carbonyl (C=O) groups excluding carboxylic acids is 1. The first-order chi connectivity index (χ1) is 9.36. The number of nitrogens with two attached hydrogens (primary N) is 1. The minimum absolute atomic E-state index is 0.145. The molecule has 0 radical (unpaired) electrons. The molecule has 2 rings (SSSR count). The van der Waals surface area contributed by atoms with E-state index in [1.807, 2.05) is 26.0 Å². The summed E-state index contributed by atoms with van der Waals surface area (Å²) in [6, 6.07) is 5.33. The summed E-state index contributed by atoms with van der Waals surface area (Å²) in [4.78, 5) is 24.3. The van der Waals surface area contributed by atoms with Gasteiger partial charge in [0.25, 0.3) is 0 Å². The molecule has 0 bridgehead atoms. The molecule has 1 aromatic carbocycles. The van der Waals surface area contributed by atoms with Crippen molar-refractivity contribution >= 4 is 16.9 Å². The summed E-state index contributed by atoms with van der Waals surface area (Å²) in [5.74, 6) is -0.396. The van der Waals surface area contributed by atoms with Crippen molar-refractivity contribution in [3.63, 3.8) is 0 Å². The number of aryl methyl sites for hydroxylation is 2. The maximum Gasteiger partial charge on any atom is 0.336 e. The molecule has 0 atom stereocenters. The van der Waals surface area contributed by atoms with Crippen LogP contribution in [0.25, 0.3) is 11.0 Å². The molecule has 0 saturated carbocycles. The van der Waals surface area contributed by atoms with E-state index in [4.69, 9.17) is 10.2 Å². The molecule has 5 heteroatoms. The van der Waals surface area contributed by atoms with Crippen LogP contribution in [0.1, 0.15) is 16.7 Å². The number of hydrogen-bond donors (Lipinski definition) is 1. The van der Waals surface area contributed by atoms with Crippen LogP contribution in [-0.2, 0) is 11.3 Å². The molecule has 106 valence electrons. The third-order valence-corrected chi connectivity index (χ3v) is 3.31. The van der Waals surface area contributed by atoms with E-state index < -0.39 is 5.91 Å². The Morgan fingerprint density at radius 1 is 1.25 bits per heavy atom. The first-order valence-corrected chi connectivity index (χ1v) is 6.37. The molecule has 2 aromatic rings. The molecule has 0 unspecified atom stereocenters. The fraction of sp³-hybridized carbons (Fsp3) is 0.333. The van der Waals surface area contributed by atoms with Crippen LogP contribution in [0, 0.1) is 13.8 Å². The number of benzene rings is 1. The third-order valence-electron chi connectivity index (χ3n) is 3.31. The number of fused-ring (bicyclic) bond motifs is 1. The van der Waals surface area contributed by atoms with Gasteiger partial charge in [-0.3, -0.25) is 9.69 Å². The Morgan fingerprint density at radius 3 is 2.55 bits per heavy atom. The van der Waals surface area contributed by atoms with E-state index in [1.54, 1.807) is 11.9 Å². The van der Waals surface area contributed by atoms with Gasteiger partial charge in [0.1, 0.15) is 5.58 Å². The summed E-state index contributed by atoms with van der Waals surface area (Å²) in [5, 5.41) is 0.893. The number of carbonyl (C=O) groups is 1. The number of rotatable bonds is 4. The van der Waals surface area contributed by atoms with Gasteiger partial charge in [-0.25, -0.2) is 4.79 Å². The Morgan fingerprint density at radius 2 is 1.90 bits per heavy atom. The van der Waals surface area contributed by atoms with Gasteiger partial charge in [-0.05, 0) is 49.7 Å². The van der Waals surface area contributed by atoms with Crippen LogP contribution in [0.4, 0.5) is 0 Å². The average Bonchev–Trinajstić information content (AvgIpc) is 2.30. The van der Waals surface area contributed by atoms with Gasteiger partial charge >= 0.3 is 5.63 Å². The third kappa shape index (κ3) is 3.05. The number of primary amides is 1. The molecule has 0 aliphatic carbocycles. The molecular formula is C15H18N2O3. The molecule has 0 aliphatic rings. The van der Waals surface area contributed by atoms with Crippen LogP contribution in [0.2, 0.25) is 0 Å². The second kappa shape index (κ2) is 5.46. The van der Waals surface area contributed by atoms with Gasteiger partial charge in [0.2, 0.25) is 5.91 Å². The summed E-state index contributed by atoms with van der Waals surface area (Å²) < 4.78 is 5.24. The molecule has 1 aromatic heterocycles. The molecule has 1 heterocycles. The molecule has 0 spiro atoms. The van der Waals surface area contributed by atoms with E-state index in [1.165, 1.54) is 6.07 Å². The largest absolute Gasteiger partial charge is 0.423 e. The molecule has 0 saturated heterocycles. The lowest BCUT2D eigenvalue weighted by Crippen LogP contribution is -2.30. The number of amides is 1. The van der Waals surface area contributed by atoms with E-state index in [2.05, 4.69) is 0 Å². The van der Waals surface area contributed by atoms with Crippen molar-refractivity contribution in [2.75, 3.05) is 13.6 Å². The molecule has 1 amide bonds. The summed E-state index contributed by atoms with van der Waals surface area (Å²) in [6.45, 7) is 4.59. The molecular weight excluding hydrogens is 256 g/mol.